The number of fused-ring (bicyclic) bond motifs is 1. The highest BCUT2D eigenvalue weighted by atomic mass is 16.5. The zero-order valence-electron chi connectivity index (χ0n) is 11.6. The Morgan fingerprint density at radius 1 is 1.48 bits per heavy atom. The van der Waals surface area contributed by atoms with Crippen molar-refractivity contribution < 1.29 is 14.3 Å². The molecule has 2 N–H and O–H groups in total. The van der Waals surface area contributed by atoms with Gasteiger partial charge in [0.1, 0.15) is 6.61 Å². The van der Waals surface area contributed by atoms with E-state index in [9.17, 15) is 9.59 Å². The smallest absolute Gasteiger partial charge is 0.249 e. The first-order valence-corrected chi connectivity index (χ1v) is 6.94. The number of rotatable bonds is 4. The third-order valence-electron chi connectivity index (χ3n) is 3.91. The summed E-state index contributed by atoms with van der Waals surface area (Å²) in [7, 11) is 0. The topological polar surface area (TPSA) is 88.8 Å². The lowest BCUT2D eigenvalue weighted by atomic mass is 10.1. The average Bonchev–Trinajstić information content (AvgIpc) is 2.86. The van der Waals surface area contributed by atoms with E-state index in [1.807, 2.05) is 18.3 Å². The van der Waals surface area contributed by atoms with Crippen molar-refractivity contribution in [2.75, 3.05) is 26.2 Å². The van der Waals surface area contributed by atoms with Crippen LogP contribution in [0.3, 0.4) is 0 Å². The van der Waals surface area contributed by atoms with Crippen molar-refractivity contribution in [3.8, 4) is 0 Å². The maximum atomic E-state index is 11.9. The molecule has 2 aliphatic heterocycles. The van der Waals surface area contributed by atoms with Crippen LogP contribution in [0.15, 0.2) is 24.5 Å². The SMILES string of the molecule is NC(=O)CN1C(=O)COC2CN(Cc3cccnc3)CC21. The van der Waals surface area contributed by atoms with Gasteiger partial charge in [0.2, 0.25) is 11.8 Å². The van der Waals surface area contributed by atoms with Gasteiger partial charge in [-0.25, -0.2) is 0 Å². The Morgan fingerprint density at radius 3 is 3.05 bits per heavy atom. The van der Waals surface area contributed by atoms with Gasteiger partial charge in [0.15, 0.2) is 0 Å². The number of primary amides is 1. The monoisotopic (exact) mass is 290 g/mol. The summed E-state index contributed by atoms with van der Waals surface area (Å²) in [5.41, 5.74) is 6.35. The fourth-order valence-electron chi connectivity index (χ4n) is 2.99. The van der Waals surface area contributed by atoms with Crippen molar-refractivity contribution in [3.05, 3.63) is 30.1 Å². The quantitative estimate of drug-likeness (QED) is 0.766. The number of pyridine rings is 1. The van der Waals surface area contributed by atoms with Gasteiger partial charge < -0.3 is 15.4 Å². The number of carbonyl (C=O) groups is 2. The lowest BCUT2D eigenvalue weighted by Crippen LogP contribution is -2.56. The van der Waals surface area contributed by atoms with E-state index < -0.39 is 5.91 Å². The highest BCUT2D eigenvalue weighted by Crippen LogP contribution is 2.24. The molecule has 2 unspecified atom stereocenters. The molecule has 2 fully saturated rings. The number of hydrogen-bond acceptors (Lipinski definition) is 5. The van der Waals surface area contributed by atoms with Crippen molar-refractivity contribution in [2.24, 2.45) is 5.73 Å². The Balaban J connectivity index is 1.68. The van der Waals surface area contributed by atoms with Crippen LogP contribution in [-0.4, -0.2) is 65.0 Å². The number of carbonyl (C=O) groups excluding carboxylic acids is 2. The summed E-state index contributed by atoms with van der Waals surface area (Å²) in [5, 5.41) is 0. The van der Waals surface area contributed by atoms with Gasteiger partial charge >= 0.3 is 0 Å². The van der Waals surface area contributed by atoms with Crippen LogP contribution in [-0.2, 0) is 20.9 Å². The lowest BCUT2D eigenvalue weighted by molar-refractivity contribution is -0.155. The van der Waals surface area contributed by atoms with Crippen LogP contribution in [0.4, 0.5) is 0 Å². The van der Waals surface area contributed by atoms with E-state index in [1.54, 1.807) is 11.1 Å². The second-order valence-corrected chi connectivity index (χ2v) is 5.46. The maximum absolute atomic E-state index is 11.9. The van der Waals surface area contributed by atoms with Gasteiger partial charge in [0, 0.05) is 32.0 Å². The number of likely N-dealkylation sites (tertiary alicyclic amines) is 1. The van der Waals surface area contributed by atoms with Crippen molar-refractivity contribution in [1.82, 2.24) is 14.8 Å². The minimum Gasteiger partial charge on any atom is -0.368 e. The third kappa shape index (κ3) is 3.03. The van der Waals surface area contributed by atoms with Gasteiger partial charge in [-0.15, -0.1) is 0 Å². The molecule has 0 spiro atoms. The summed E-state index contributed by atoms with van der Waals surface area (Å²) < 4.78 is 5.59. The van der Waals surface area contributed by atoms with Crippen molar-refractivity contribution in [3.63, 3.8) is 0 Å². The summed E-state index contributed by atoms with van der Waals surface area (Å²) in [6, 6.07) is 3.82. The predicted octanol–water partition coefficient (Wildman–Crippen LogP) is -1.02. The first-order chi connectivity index (χ1) is 10.1. The molecule has 0 aliphatic carbocycles. The van der Waals surface area contributed by atoms with Crippen LogP contribution in [0.25, 0.3) is 0 Å². The molecule has 2 aliphatic rings. The average molecular weight is 290 g/mol. The Bertz CT molecular complexity index is 536. The highest BCUT2D eigenvalue weighted by molar-refractivity contribution is 5.85. The Kier molecular flexibility index (Phi) is 3.85. The normalized spacial score (nSPS) is 25.9. The fraction of sp³-hybridized carbons (Fsp3) is 0.500. The van der Waals surface area contributed by atoms with E-state index in [2.05, 4.69) is 9.88 Å². The standard InChI is InChI=1S/C14H18N4O3/c15-13(19)8-18-11-6-17(5-10-2-1-3-16-4-10)7-12(11)21-9-14(18)20/h1-4,11-12H,5-9H2,(H2,15,19). The summed E-state index contributed by atoms with van der Waals surface area (Å²) in [6.45, 7) is 2.16. The first kappa shape index (κ1) is 14.0. The zero-order chi connectivity index (χ0) is 14.8. The van der Waals surface area contributed by atoms with Crippen LogP contribution in [0.2, 0.25) is 0 Å². The Hall–Kier alpha value is -1.99. The van der Waals surface area contributed by atoms with Crippen LogP contribution < -0.4 is 5.73 Å². The largest absolute Gasteiger partial charge is 0.368 e. The van der Waals surface area contributed by atoms with Gasteiger partial charge in [-0.1, -0.05) is 6.07 Å². The van der Waals surface area contributed by atoms with Gasteiger partial charge in [-0.3, -0.25) is 19.5 Å². The third-order valence-corrected chi connectivity index (χ3v) is 3.91. The molecule has 3 rings (SSSR count). The molecule has 7 nitrogen and oxygen atoms in total. The minimum atomic E-state index is -0.491. The second kappa shape index (κ2) is 5.79. The molecule has 2 saturated heterocycles. The van der Waals surface area contributed by atoms with Crippen molar-refractivity contribution in [1.29, 1.82) is 0 Å². The summed E-state index contributed by atoms with van der Waals surface area (Å²) in [4.78, 5) is 30.9. The van der Waals surface area contributed by atoms with E-state index in [0.29, 0.717) is 6.54 Å². The fourth-order valence-corrected chi connectivity index (χ4v) is 2.99. The van der Waals surface area contributed by atoms with Gasteiger partial charge in [-0.2, -0.15) is 0 Å². The zero-order valence-corrected chi connectivity index (χ0v) is 11.6. The number of nitrogens with zero attached hydrogens (tertiary/aromatic N) is 3. The van der Waals surface area contributed by atoms with Crippen molar-refractivity contribution in [2.45, 2.75) is 18.7 Å². The predicted molar refractivity (Wildman–Crippen MR) is 73.9 cm³/mol. The molecule has 2 atom stereocenters. The number of nitrogens with two attached hydrogens (primary N) is 1. The maximum Gasteiger partial charge on any atom is 0.249 e. The molecular formula is C14H18N4O3. The molecule has 1 aromatic rings. The number of amides is 2. The van der Waals surface area contributed by atoms with E-state index >= 15 is 0 Å². The number of aromatic nitrogens is 1. The summed E-state index contributed by atoms with van der Waals surface area (Å²) in [5.74, 6) is -0.659. The molecule has 0 aromatic carbocycles. The molecule has 0 bridgehead atoms. The molecular weight excluding hydrogens is 272 g/mol. The number of hydrogen-bond donors (Lipinski definition) is 1. The second-order valence-electron chi connectivity index (χ2n) is 5.46. The van der Waals surface area contributed by atoms with Crippen LogP contribution in [0, 0.1) is 0 Å². The van der Waals surface area contributed by atoms with E-state index in [4.69, 9.17) is 10.5 Å². The van der Waals surface area contributed by atoms with E-state index in [0.717, 1.165) is 18.7 Å². The molecule has 112 valence electrons. The molecule has 0 radical (unpaired) electrons. The van der Waals surface area contributed by atoms with Crippen LogP contribution in [0.1, 0.15) is 5.56 Å². The minimum absolute atomic E-state index is 0.0230. The van der Waals surface area contributed by atoms with Crippen LogP contribution in [0.5, 0.6) is 0 Å². The number of ether oxygens (including phenoxy) is 1. The molecule has 21 heavy (non-hydrogen) atoms. The van der Waals surface area contributed by atoms with Crippen molar-refractivity contribution >= 4 is 11.8 Å². The molecule has 2 amide bonds. The Morgan fingerprint density at radius 2 is 2.33 bits per heavy atom. The Labute approximate surface area is 122 Å². The van der Waals surface area contributed by atoms with Crippen LogP contribution >= 0.6 is 0 Å². The lowest BCUT2D eigenvalue weighted by Gasteiger charge is -2.35. The molecule has 7 heteroatoms. The molecule has 0 saturated carbocycles. The van der Waals surface area contributed by atoms with E-state index in [-0.39, 0.29) is 31.2 Å². The van der Waals surface area contributed by atoms with Gasteiger partial charge in [0.05, 0.1) is 18.7 Å². The molecule has 1 aromatic heterocycles. The first-order valence-electron chi connectivity index (χ1n) is 6.94. The summed E-state index contributed by atoms with van der Waals surface area (Å²) in [6.07, 6.45) is 3.51. The number of morpholine rings is 1. The van der Waals surface area contributed by atoms with Gasteiger partial charge in [-0.05, 0) is 11.6 Å². The highest BCUT2D eigenvalue weighted by Gasteiger charge is 2.43. The van der Waals surface area contributed by atoms with E-state index in [1.165, 1.54) is 0 Å². The summed E-state index contributed by atoms with van der Waals surface area (Å²) >= 11 is 0. The van der Waals surface area contributed by atoms with Gasteiger partial charge in [0.25, 0.3) is 0 Å². The molecule has 3 heterocycles.